The van der Waals surface area contributed by atoms with E-state index >= 15 is 0 Å². The summed E-state index contributed by atoms with van der Waals surface area (Å²) in [5.74, 6) is -1.15. The molecule has 2 N–H and O–H groups in total. The molecule has 0 aliphatic heterocycles. The van der Waals surface area contributed by atoms with Gasteiger partial charge in [-0.3, -0.25) is 4.79 Å². The van der Waals surface area contributed by atoms with E-state index < -0.39 is 5.97 Å². The summed E-state index contributed by atoms with van der Waals surface area (Å²) in [6, 6.07) is 17.7. The standard InChI is InChI=1S/C22H21NO3/c1-14-8-6-7-11-17(14)21-19(20(22(25)26)18(13-24)23-21)15(2)12-16-9-4-3-5-10-16/h3-11,13,15,23H,12H2,1-2H3,(H,25,26). The van der Waals surface area contributed by atoms with Gasteiger partial charge in [0.2, 0.25) is 0 Å². The molecule has 1 unspecified atom stereocenters. The number of rotatable bonds is 6. The average Bonchev–Trinajstić information content (AvgIpc) is 3.03. The zero-order valence-electron chi connectivity index (χ0n) is 14.8. The molecule has 0 saturated carbocycles. The lowest BCUT2D eigenvalue weighted by Crippen LogP contribution is -2.08. The summed E-state index contributed by atoms with van der Waals surface area (Å²) in [6.45, 7) is 3.97. The van der Waals surface area contributed by atoms with Crippen LogP contribution in [0.25, 0.3) is 11.3 Å². The van der Waals surface area contributed by atoms with Gasteiger partial charge in [0.25, 0.3) is 0 Å². The second-order valence-electron chi connectivity index (χ2n) is 6.53. The first-order valence-corrected chi connectivity index (χ1v) is 8.57. The molecule has 0 saturated heterocycles. The first-order valence-electron chi connectivity index (χ1n) is 8.57. The number of carbonyl (C=O) groups excluding carboxylic acids is 1. The minimum absolute atomic E-state index is 0.0666. The van der Waals surface area contributed by atoms with E-state index in [0.717, 1.165) is 16.7 Å². The van der Waals surface area contributed by atoms with E-state index in [1.54, 1.807) is 0 Å². The number of aromatic amines is 1. The van der Waals surface area contributed by atoms with Crippen molar-refractivity contribution in [1.29, 1.82) is 0 Å². The van der Waals surface area contributed by atoms with Crippen LogP contribution in [0.5, 0.6) is 0 Å². The van der Waals surface area contributed by atoms with Gasteiger partial charge in [-0.2, -0.15) is 0 Å². The Bertz CT molecular complexity index is 941. The molecule has 132 valence electrons. The van der Waals surface area contributed by atoms with Crippen molar-refractivity contribution >= 4 is 12.3 Å². The minimum atomic E-state index is -1.09. The van der Waals surface area contributed by atoms with Crippen molar-refractivity contribution in [2.75, 3.05) is 0 Å². The summed E-state index contributed by atoms with van der Waals surface area (Å²) in [5.41, 5.74) is 4.64. The molecule has 26 heavy (non-hydrogen) atoms. The molecule has 3 rings (SSSR count). The maximum absolute atomic E-state index is 11.9. The second kappa shape index (κ2) is 7.40. The zero-order valence-corrected chi connectivity index (χ0v) is 14.8. The van der Waals surface area contributed by atoms with Gasteiger partial charge in [0.1, 0.15) is 0 Å². The van der Waals surface area contributed by atoms with E-state index in [4.69, 9.17) is 0 Å². The number of aryl methyl sites for hydroxylation is 1. The van der Waals surface area contributed by atoms with Gasteiger partial charge in [-0.25, -0.2) is 4.79 Å². The van der Waals surface area contributed by atoms with Crippen LogP contribution in [0.3, 0.4) is 0 Å². The second-order valence-corrected chi connectivity index (χ2v) is 6.53. The molecule has 4 heteroatoms. The summed E-state index contributed by atoms with van der Waals surface area (Å²) < 4.78 is 0. The minimum Gasteiger partial charge on any atom is -0.478 e. The number of carboxylic acids is 1. The van der Waals surface area contributed by atoms with Crippen LogP contribution >= 0.6 is 0 Å². The summed E-state index contributed by atoms with van der Waals surface area (Å²) in [7, 11) is 0. The Balaban J connectivity index is 2.17. The Labute approximate surface area is 152 Å². The molecule has 4 nitrogen and oxygen atoms in total. The molecule has 0 fully saturated rings. The van der Waals surface area contributed by atoms with Crippen LogP contribution in [0.1, 0.15) is 50.4 Å². The van der Waals surface area contributed by atoms with Crippen LogP contribution in [0.15, 0.2) is 54.6 Å². The fourth-order valence-corrected chi connectivity index (χ4v) is 3.48. The van der Waals surface area contributed by atoms with Gasteiger partial charge in [0.05, 0.1) is 17.0 Å². The van der Waals surface area contributed by atoms with Crippen LogP contribution in [-0.4, -0.2) is 22.3 Å². The molecule has 0 aliphatic rings. The average molecular weight is 347 g/mol. The lowest BCUT2D eigenvalue weighted by molar-refractivity contribution is 0.0692. The van der Waals surface area contributed by atoms with E-state index in [1.807, 2.05) is 68.4 Å². The van der Waals surface area contributed by atoms with Gasteiger partial charge < -0.3 is 10.1 Å². The zero-order chi connectivity index (χ0) is 18.7. The van der Waals surface area contributed by atoms with Crippen LogP contribution < -0.4 is 0 Å². The van der Waals surface area contributed by atoms with Gasteiger partial charge in [-0.15, -0.1) is 0 Å². The smallest absolute Gasteiger partial charge is 0.338 e. The molecule has 1 heterocycles. The summed E-state index contributed by atoms with van der Waals surface area (Å²) in [6.07, 6.45) is 1.28. The molecule has 3 aromatic rings. The molecule has 1 atom stereocenters. The van der Waals surface area contributed by atoms with E-state index in [0.29, 0.717) is 24.0 Å². The van der Waals surface area contributed by atoms with Gasteiger partial charge >= 0.3 is 5.97 Å². The Morgan fingerprint density at radius 1 is 1.12 bits per heavy atom. The van der Waals surface area contributed by atoms with Crippen molar-refractivity contribution in [1.82, 2.24) is 4.98 Å². The highest BCUT2D eigenvalue weighted by Gasteiger charge is 2.27. The third-order valence-corrected chi connectivity index (χ3v) is 4.69. The molecule has 0 amide bonds. The highest BCUT2D eigenvalue weighted by atomic mass is 16.4. The maximum atomic E-state index is 11.9. The Hall–Kier alpha value is -3.14. The van der Waals surface area contributed by atoms with Crippen LogP contribution in [0, 0.1) is 6.92 Å². The van der Waals surface area contributed by atoms with E-state index in [1.165, 1.54) is 0 Å². The first kappa shape index (κ1) is 17.7. The van der Waals surface area contributed by atoms with Gasteiger partial charge in [-0.1, -0.05) is 61.5 Å². The number of aromatic carboxylic acids is 1. The predicted molar refractivity (Wildman–Crippen MR) is 102 cm³/mol. The number of aldehydes is 1. The Morgan fingerprint density at radius 3 is 2.38 bits per heavy atom. The molecule has 0 spiro atoms. The summed E-state index contributed by atoms with van der Waals surface area (Å²) in [4.78, 5) is 26.5. The molecular formula is C22H21NO3. The number of hydrogen-bond acceptors (Lipinski definition) is 2. The van der Waals surface area contributed by atoms with Gasteiger partial charge in [0.15, 0.2) is 6.29 Å². The molecule has 0 aliphatic carbocycles. The van der Waals surface area contributed by atoms with Crippen molar-refractivity contribution in [2.24, 2.45) is 0 Å². The number of carbonyl (C=O) groups is 2. The predicted octanol–water partition coefficient (Wildman–Crippen LogP) is 4.85. The summed E-state index contributed by atoms with van der Waals surface area (Å²) >= 11 is 0. The monoisotopic (exact) mass is 347 g/mol. The Morgan fingerprint density at radius 2 is 1.77 bits per heavy atom. The number of nitrogens with one attached hydrogen (secondary N) is 1. The number of hydrogen-bond donors (Lipinski definition) is 2. The fraction of sp³-hybridized carbons (Fsp3) is 0.182. The highest BCUT2D eigenvalue weighted by Crippen LogP contribution is 2.36. The topological polar surface area (TPSA) is 70.2 Å². The van der Waals surface area contributed by atoms with Crippen molar-refractivity contribution in [3.8, 4) is 11.3 Å². The molecule has 2 aromatic carbocycles. The first-order chi connectivity index (χ1) is 12.5. The van der Waals surface area contributed by atoms with Crippen LogP contribution in [-0.2, 0) is 6.42 Å². The number of aromatic nitrogens is 1. The Kier molecular flexibility index (Phi) is 5.03. The van der Waals surface area contributed by atoms with Crippen LogP contribution in [0.4, 0.5) is 0 Å². The fourth-order valence-electron chi connectivity index (χ4n) is 3.48. The summed E-state index contributed by atoms with van der Waals surface area (Å²) in [5, 5.41) is 9.74. The number of carboxylic acid groups (broad SMARTS) is 1. The van der Waals surface area contributed by atoms with Crippen molar-refractivity contribution in [3.05, 3.63) is 82.5 Å². The lowest BCUT2D eigenvalue weighted by atomic mass is 9.88. The SMILES string of the molecule is Cc1ccccc1-c1[nH]c(C=O)c(C(=O)O)c1C(C)Cc1ccccc1. The molecule has 1 aromatic heterocycles. The normalized spacial score (nSPS) is 11.9. The lowest BCUT2D eigenvalue weighted by Gasteiger charge is -2.16. The third kappa shape index (κ3) is 3.31. The van der Waals surface area contributed by atoms with E-state index in [2.05, 4.69) is 4.98 Å². The number of H-pyrrole nitrogens is 1. The largest absolute Gasteiger partial charge is 0.478 e. The van der Waals surface area contributed by atoms with Gasteiger partial charge in [0, 0.05) is 5.56 Å². The van der Waals surface area contributed by atoms with Crippen molar-refractivity contribution in [2.45, 2.75) is 26.2 Å². The van der Waals surface area contributed by atoms with Crippen molar-refractivity contribution in [3.63, 3.8) is 0 Å². The van der Waals surface area contributed by atoms with E-state index in [9.17, 15) is 14.7 Å². The van der Waals surface area contributed by atoms with Crippen LogP contribution in [0.2, 0.25) is 0 Å². The van der Waals surface area contributed by atoms with Gasteiger partial charge in [-0.05, 0) is 36.0 Å². The number of benzene rings is 2. The van der Waals surface area contributed by atoms with Crippen molar-refractivity contribution < 1.29 is 14.7 Å². The highest BCUT2D eigenvalue weighted by molar-refractivity contribution is 6.00. The van der Waals surface area contributed by atoms with E-state index in [-0.39, 0.29) is 17.2 Å². The molecule has 0 radical (unpaired) electrons. The quantitative estimate of drug-likeness (QED) is 0.626. The third-order valence-electron chi connectivity index (χ3n) is 4.69. The molecular weight excluding hydrogens is 326 g/mol. The maximum Gasteiger partial charge on any atom is 0.338 e. The molecule has 0 bridgehead atoms.